The number of rotatable bonds is 7. The maximum Gasteiger partial charge on any atom is 0.339 e. The Morgan fingerprint density at radius 1 is 0.828 bits per heavy atom. The van der Waals surface area contributed by atoms with Crippen molar-refractivity contribution in [2.75, 3.05) is 29.2 Å². The number of hydrogen-bond donors (Lipinski definition) is 2. The lowest BCUT2D eigenvalue weighted by atomic mass is 10.1. The van der Waals surface area contributed by atoms with Gasteiger partial charge in [0.2, 0.25) is 11.8 Å². The number of nitrogens with one attached hydrogen (secondary N) is 2. The number of fused-ring (bicyclic) bond motifs is 1. The molecule has 7 heteroatoms. The highest BCUT2D eigenvalue weighted by Crippen LogP contribution is 2.19. The first kappa shape index (κ1) is 20.4. The topological polar surface area (TPSA) is 84.5 Å². The lowest BCUT2D eigenvalue weighted by molar-refractivity contribution is -0.114. The van der Waals surface area contributed by atoms with Gasteiger partial charge in [-0.1, -0.05) is 42.5 Å². The summed E-state index contributed by atoms with van der Waals surface area (Å²) in [6.45, 7) is 0. The third-order valence-electron chi connectivity index (χ3n) is 4.11. The van der Waals surface area contributed by atoms with E-state index in [9.17, 15) is 14.4 Å². The molecule has 0 aliphatic heterocycles. The van der Waals surface area contributed by atoms with Gasteiger partial charge in [-0.2, -0.15) is 0 Å². The molecule has 0 aliphatic rings. The number of para-hydroxylation sites is 1. The molecular weight excluding hydrogens is 388 g/mol. The molecule has 0 bridgehead atoms. The fraction of sp³-hybridized carbons (Fsp3) is 0.136. The van der Waals surface area contributed by atoms with Crippen molar-refractivity contribution in [3.05, 3.63) is 72.3 Å². The van der Waals surface area contributed by atoms with Crippen molar-refractivity contribution in [2.45, 2.75) is 0 Å². The molecule has 2 N–H and O–H groups in total. The number of amides is 2. The summed E-state index contributed by atoms with van der Waals surface area (Å²) >= 11 is 1.19. The fourth-order valence-electron chi connectivity index (χ4n) is 2.77. The van der Waals surface area contributed by atoms with Gasteiger partial charge in [0.05, 0.1) is 29.9 Å². The fourth-order valence-corrected chi connectivity index (χ4v) is 3.38. The molecule has 0 aliphatic carbocycles. The molecule has 0 saturated heterocycles. The van der Waals surface area contributed by atoms with E-state index >= 15 is 0 Å². The highest BCUT2D eigenvalue weighted by molar-refractivity contribution is 8.00. The summed E-state index contributed by atoms with van der Waals surface area (Å²) in [7, 11) is 1.28. The van der Waals surface area contributed by atoms with Gasteiger partial charge in [0.1, 0.15) is 0 Å². The Hall–Kier alpha value is -3.32. The van der Waals surface area contributed by atoms with E-state index < -0.39 is 5.97 Å². The molecule has 2 amide bonds. The molecule has 3 aromatic carbocycles. The number of hydrogen-bond acceptors (Lipinski definition) is 5. The van der Waals surface area contributed by atoms with Gasteiger partial charge in [-0.05, 0) is 35.0 Å². The highest BCUT2D eigenvalue weighted by atomic mass is 32.2. The molecule has 0 atom stereocenters. The van der Waals surface area contributed by atoms with E-state index in [2.05, 4.69) is 10.6 Å². The first-order chi connectivity index (χ1) is 14.1. The van der Waals surface area contributed by atoms with Gasteiger partial charge in [-0.25, -0.2) is 4.79 Å². The predicted octanol–water partition coefficient (Wildman–Crippen LogP) is 3.94. The molecule has 0 radical (unpaired) electrons. The molecule has 3 rings (SSSR count). The zero-order valence-corrected chi connectivity index (χ0v) is 16.6. The van der Waals surface area contributed by atoms with Crippen molar-refractivity contribution >= 4 is 51.7 Å². The monoisotopic (exact) mass is 408 g/mol. The van der Waals surface area contributed by atoms with Crippen LogP contribution >= 0.6 is 11.8 Å². The van der Waals surface area contributed by atoms with Crippen LogP contribution in [0.4, 0.5) is 11.4 Å². The van der Waals surface area contributed by atoms with Crippen molar-refractivity contribution in [1.82, 2.24) is 0 Å². The van der Waals surface area contributed by atoms with Crippen molar-refractivity contribution in [3.63, 3.8) is 0 Å². The Morgan fingerprint density at radius 2 is 1.48 bits per heavy atom. The Labute approximate surface area is 172 Å². The number of methoxy groups -OCH3 is 1. The van der Waals surface area contributed by atoms with Crippen molar-refractivity contribution in [2.24, 2.45) is 0 Å². The zero-order valence-electron chi connectivity index (χ0n) is 15.8. The van der Waals surface area contributed by atoms with Crippen LogP contribution in [0, 0.1) is 0 Å². The van der Waals surface area contributed by atoms with Gasteiger partial charge in [0.25, 0.3) is 0 Å². The van der Waals surface area contributed by atoms with Gasteiger partial charge < -0.3 is 15.4 Å². The van der Waals surface area contributed by atoms with Crippen LogP contribution in [0.25, 0.3) is 10.8 Å². The quantitative estimate of drug-likeness (QED) is 0.579. The number of thioether (sulfide) groups is 1. The maximum atomic E-state index is 12.1. The van der Waals surface area contributed by atoms with Gasteiger partial charge in [-0.3, -0.25) is 9.59 Å². The Bertz CT molecular complexity index is 1050. The standard InChI is InChI=1S/C22H20N2O4S/c1-28-22(27)18-8-4-5-9-19(18)24-21(26)14-29-13-20(25)23-17-11-10-15-6-2-3-7-16(15)12-17/h2-12H,13-14H2,1H3,(H,23,25)(H,24,26). The predicted molar refractivity (Wildman–Crippen MR) is 116 cm³/mol. The summed E-state index contributed by atoms with van der Waals surface area (Å²) in [4.78, 5) is 36.0. The molecule has 148 valence electrons. The third-order valence-corrected chi connectivity index (χ3v) is 5.04. The Kier molecular flexibility index (Phi) is 6.86. The van der Waals surface area contributed by atoms with Crippen LogP contribution in [-0.2, 0) is 14.3 Å². The second-order valence-corrected chi connectivity index (χ2v) is 7.17. The summed E-state index contributed by atoms with van der Waals surface area (Å²) in [5, 5.41) is 7.66. The largest absolute Gasteiger partial charge is 0.465 e. The van der Waals surface area contributed by atoms with Crippen LogP contribution in [0.15, 0.2) is 66.7 Å². The smallest absolute Gasteiger partial charge is 0.339 e. The summed E-state index contributed by atoms with van der Waals surface area (Å²) in [5.41, 5.74) is 1.37. The first-order valence-electron chi connectivity index (χ1n) is 8.90. The molecular formula is C22H20N2O4S. The summed E-state index contributed by atoms with van der Waals surface area (Å²) in [5.74, 6) is -0.791. The van der Waals surface area contributed by atoms with E-state index in [-0.39, 0.29) is 28.9 Å². The van der Waals surface area contributed by atoms with Crippen LogP contribution in [0.2, 0.25) is 0 Å². The molecule has 0 unspecified atom stereocenters. The number of carbonyl (C=O) groups is 3. The number of esters is 1. The number of ether oxygens (including phenoxy) is 1. The molecule has 0 saturated carbocycles. The normalized spacial score (nSPS) is 10.4. The first-order valence-corrected chi connectivity index (χ1v) is 10.1. The Balaban J connectivity index is 1.48. The maximum absolute atomic E-state index is 12.1. The Morgan fingerprint density at radius 3 is 2.24 bits per heavy atom. The minimum absolute atomic E-state index is 0.0840. The average Bonchev–Trinajstić information content (AvgIpc) is 2.73. The lowest BCUT2D eigenvalue weighted by Crippen LogP contribution is -2.19. The molecule has 3 aromatic rings. The van der Waals surface area contributed by atoms with E-state index in [1.165, 1.54) is 18.9 Å². The molecule has 6 nitrogen and oxygen atoms in total. The molecule has 0 aromatic heterocycles. The van der Waals surface area contributed by atoms with Gasteiger partial charge in [0.15, 0.2) is 0 Å². The van der Waals surface area contributed by atoms with Gasteiger partial charge in [-0.15, -0.1) is 11.8 Å². The zero-order chi connectivity index (χ0) is 20.6. The van der Waals surface area contributed by atoms with E-state index in [4.69, 9.17) is 4.74 Å². The minimum Gasteiger partial charge on any atom is -0.465 e. The third kappa shape index (κ3) is 5.58. The van der Waals surface area contributed by atoms with Gasteiger partial charge >= 0.3 is 5.97 Å². The van der Waals surface area contributed by atoms with Crippen molar-refractivity contribution in [3.8, 4) is 0 Å². The number of anilines is 2. The van der Waals surface area contributed by atoms with E-state index in [1.807, 2.05) is 42.5 Å². The van der Waals surface area contributed by atoms with Crippen LogP contribution in [-0.4, -0.2) is 36.4 Å². The SMILES string of the molecule is COC(=O)c1ccccc1NC(=O)CSCC(=O)Nc1ccc2ccccc2c1. The van der Waals surface area contributed by atoms with Crippen molar-refractivity contribution in [1.29, 1.82) is 0 Å². The van der Waals surface area contributed by atoms with Gasteiger partial charge in [0, 0.05) is 5.69 Å². The van der Waals surface area contributed by atoms with Crippen LogP contribution in [0.1, 0.15) is 10.4 Å². The molecule has 29 heavy (non-hydrogen) atoms. The van der Waals surface area contributed by atoms with Crippen molar-refractivity contribution < 1.29 is 19.1 Å². The summed E-state index contributed by atoms with van der Waals surface area (Å²) in [6, 6.07) is 20.2. The second-order valence-electron chi connectivity index (χ2n) is 6.19. The second kappa shape index (κ2) is 9.75. The molecule has 0 fully saturated rings. The average molecular weight is 408 g/mol. The van der Waals surface area contributed by atoms with E-state index in [0.29, 0.717) is 11.4 Å². The minimum atomic E-state index is -0.525. The van der Waals surface area contributed by atoms with Crippen LogP contribution in [0.3, 0.4) is 0 Å². The van der Waals surface area contributed by atoms with E-state index in [0.717, 1.165) is 10.8 Å². The van der Waals surface area contributed by atoms with Crippen LogP contribution in [0.5, 0.6) is 0 Å². The summed E-state index contributed by atoms with van der Waals surface area (Å²) < 4.78 is 4.71. The number of benzene rings is 3. The highest BCUT2D eigenvalue weighted by Gasteiger charge is 2.13. The lowest BCUT2D eigenvalue weighted by Gasteiger charge is -2.10. The number of carbonyl (C=O) groups excluding carboxylic acids is 3. The summed E-state index contributed by atoms with van der Waals surface area (Å²) in [6.07, 6.45) is 0. The van der Waals surface area contributed by atoms with E-state index in [1.54, 1.807) is 24.3 Å². The molecule has 0 heterocycles. The van der Waals surface area contributed by atoms with Crippen LogP contribution < -0.4 is 10.6 Å². The molecule has 0 spiro atoms.